The molecule has 1 aromatic rings. The van der Waals surface area contributed by atoms with Gasteiger partial charge in [-0.05, 0) is 96.5 Å². The highest BCUT2D eigenvalue weighted by Crippen LogP contribution is 2.73. The van der Waals surface area contributed by atoms with Crippen LogP contribution in [0.5, 0.6) is 0 Å². The number of rotatable bonds is 1. The molecule has 0 saturated heterocycles. The van der Waals surface area contributed by atoms with E-state index in [-0.39, 0.29) is 16.9 Å². The lowest BCUT2D eigenvalue weighted by atomic mass is 9.43. The van der Waals surface area contributed by atoms with Crippen molar-refractivity contribution in [2.75, 3.05) is 0 Å². The maximum atomic E-state index is 10.7. The molecule has 0 aliphatic heterocycles. The Morgan fingerprint density at radius 2 is 1.71 bits per heavy atom. The number of fused-ring (bicyclic) bond motifs is 4. The average Bonchev–Trinajstić information content (AvgIpc) is 3.25. The molecule has 4 aliphatic carbocycles. The van der Waals surface area contributed by atoms with Crippen LogP contribution >= 0.6 is 0 Å². The molecule has 4 aliphatic rings. The van der Waals surface area contributed by atoms with E-state index in [1.165, 1.54) is 50.5 Å². The zero-order chi connectivity index (χ0) is 19.9. The first-order valence-electron chi connectivity index (χ1n) is 11.6. The summed E-state index contributed by atoms with van der Waals surface area (Å²) < 4.78 is 5.48. The monoisotopic (exact) mass is 382 g/mol. The Labute approximate surface area is 170 Å². The van der Waals surface area contributed by atoms with E-state index in [1.807, 2.05) is 18.1 Å². The van der Waals surface area contributed by atoms with Gasteiger partial charge in [-0.25, -0.2) is 0 Å². The van der Waals surface area contributed by atoms with Crippen LogP contribution in [-0.4, -0.2) is 11.2 Å². The van der Waals surface area contributed by atoms with Crippen molar-refractivity contribution in [3.8, 4) is 0 Å². The molecule has 2 saturated carbocycles. The third-order valence-electron chi connectivity index (χ3n) is 10.7. The molecule has 2 fully saturated rings. The normalized spacial score (nSPS) is 47.4. The average molecular weight is 383 g/mol. The van der Waals surface area contributed by atoms with Crippen LogP contribution < -0.4 is 0 Å². The smallest absolute Gasteiger partial charge is 0.0937 e. The Morgan fingerprint density at radius 1 is 0.929 bits per heavy atom. The van der Waals surface area contributed by atoms with Crippen LogP contribution in [0.25, 0.3) is 0 Å². The van der Waals surface area contributed by atoms with E-state index in [2.05, 4.69) is 40.7 Å². The Bertz CT molecular complexity index is 802. The summed E-state index contributed by atoms with van der Waals surface area (Å²) in [6.45, 7) is 12.4. The van der Waals surface area contributed by atoms with Crippen molar-refractivity contribution in [1.82, 2.24) is 0 Å². The van der Waals surface area contributed by atoms with Gasteiger partial charge in [-0.15, -0.1) is 0 Å². The Morgan fingerprint density at radius 3 is 2.43 bits per heavy atom. The summed E-state index contributed by atoms with van der Waals surface area (Å²) in [4.78, 5) is 0. The fraction of sp³-hybridized carbons (Fsp3) is 0.769. The fourth-order valence-electron chi connectivity index (χ4n) is 8.68. The van der Waals surface area contributed by atoms with E-state index in [4.69, 9.17) is 4.42 Å². The molecule has 6 atom stereocenters. The van der Waals surface area contributed by atoms with Gasteiger partial charge < -0.3 is 9.52 Å². The number of aliphatic hydroxyl groups excluding tert-OH is 1. The minimum absolute atomic E-state index is 0.0299. The van der Waals surface area contributed by atoms with Crippen LogP contribution in [0.2, 0.25) is 0 Å². The lowest BCUT2D eigenvalue weighted by Crippen LogP contribution is -2.54. The molecule has 1 N–H and O–H groups in total. The van der Waals surface area contributed by atoms with Crippen molar-refractivity contribution >= 4 is 0 Å². The van der Waals surface area contributed by atoms with Crippen molar-refractivity contribution < 1.29 is 9.52 Å². The maximum absolute atomic E-state index is 10.7. The number of hydrogen-bond acceptors (Lipinski definition) is 2. The van der Waals surface area contributed by atoms with Crippen molar-refractivity contribution in [1.29, 1.82) is 0 Å². The number of allylic oxidation sites excluding steroid dienone is 2. The van der Waals surface area contributed by atoms with Gasteiger partial charge in [0.05, 0.1) is 18.6 Å². The summed E-state index contributed by atoms with van der Waals surface area (Å²) in [6, 6.07) is 2.20. The number of furan rings is 1. The van der Waals surface area contributed by atoms with E-state index in [0.29, 0.717) is 22.7 Å². The standard InChI is InChI=1S/C26H38O2/c1-23(2)21-7-6-20-19(24(21,3)12-10-22(23)27)9-14-25(4)18(8-13-26(20,25)5)17-11-15-28-16-17/h11,15-16,18,21-22,27H,6-10,12-14H2,1-5H3/t18?,21?,22?,24-,25-,26+/m1/s1. The molecule has 0 spiro atoms. The lowest BCUT2D eigenvalue weighted by Gasteiger charge is -2.62. The van der Waals surface area contributed by atoms with Crippen molar-refractivity contribution in [3.63, 3.8) is 0 Å². The van der Waals surface area contributed by atoms with Crippen molar-refractivity contribution in [3.05, 3.63) is 35.3 Å². The van der Waals surface area contributed by atoms with Crippen LogP contribution in [0.3, 0.4) is 0 Å². The van der Waals surface area contributed by atoms with Crippen LogP contribution in [-0.2, 0) is 0 Å². The molecule has 1 aromatic heterocycles. The highest BCUT2D eigenvalue weighted by atomic mass is 16.3. The first kappa shape index (κ1) is 19.0. The lowest BCUT2D eigenvalue weighted by molar-refractivity contribution is -0.0949. The van der Waals surface area contributed by atoms with Gasteiger partial charge in [-0.3, -0.25) is 0 Å². The Kier molecular flexibility index (Phi) is 3.91. The number of hydrogen-bond donors (Lipinski definition) is 1. The Hall–Kier alpha value is -1.02. The topological polar surface area (TPSA) is 33.4 Å². The summed E-state index contributed by atoms with van der Waals surface area (Å²) in [5.41, 5.74) is 6.00. The second-order valence-electron chi connectivity index (χ2n) is 11.7. The summed E-state index contributed by atoms with van der Waals surface area (Å²) in [7, 11) is 0. The quantitative estimate of drug-likeness (QED) is 0.538. The molecule has 2 nitrogen and oxygen atoms in total. The first-order chi connectivity index (χ1) is 13.1. The third-order valence-corrected chi connectivity index (χ3v) is 10.7. The zero-order valence-electron chi connectivity index (χ0n) is 18.5. The van der Waals surface area contributed by atoms with Gasteiger partial charge in [0.25, 0.3) is 0 Å². The largest absolute Gasteiger partial charge is 0.472 e. The van der Waals surface area contributed by atoms with Gasteiger partial charge in [0, 0.05) is 0 Å². The zero-order valence-corrected chi connectivity index (χ0v) is 18.5. The summed E-state index contributed by atoms with van der Waals surface area (Å²) >= 11 is 0. The molecule has 0 bridgehead atoms. The predicted octanol–water partition coefficient (Wildman–Crippen LogP) is 6.86. The van der Waals surface area contributed by atoms with E-state index in [0.717, 1.165) is 6.42 Å². The van der Waals surface area contributed by atoms with E-state index in [1.54, 1.807) is 5.57 Å². The molecular weight excluding hydrogens is 344 g/mol. The fourth-order valence-corrected chi connectivity index (χ4v) is 8.68. The highest BCUT2D eigenvalue weighted by Gasteiger charge is 2.63. The van der Waals surface area contributed by atoms with Crippen molar-refractivity contribution in [2.45, 2.75) is 98.0 Å². The number of aliphatic hydroxyl groups is 1. The minimum Gasteiger partial charge on any atom is -0.472 e. The van der Waals surface area contributed by atoms with Crippen LogP contribution in [0.1, 0.15) is 97.5 Å². The van der Waals surface area contributed by atoms with Gasteiger partial charge in [0.15, 0.2) is 0 Å². The van der Waals surface area contributed by atoms with Crippen molar-refractivity contribution in [2.24, 2.45) is 27.6 Å². The van der Waals surface area contributed by atoms with E-state index in [9.17, 15) is 5.11 Å². The summed E-state index contributed by atoms with van der Waals surface area (Å²) in [6.07, 6.45) is 13.5. The van der Waals surface area contributed by atoms with Gasteiger partial charge in [-0.1, -0.05) is 45.8 Å². The van der Waals surface area contributed by atoms with Crippen LogP contribution in [0.4, 0.5) is 0 Å². The summed E-state index contributed by atoms with van der Waals surface area (Å²) in [5.74, 6) is 1.24. The third kappa shape index (κ3) is 2.14. The molecule has 28 heavy (non-hydrogen) atoms. The maximum Gasteiger partial charge on any atom is 0.0937 e. The minimum atomic E-state index is -0.144. The van der Waals surface area contributed by atoms with E-state index >= 15 is 0 Å². The molecule has 3 unspecified atom stereocenters. The van der Waals surface area contributed by atoms with Gasteiger partial charge in [-0.2, -0.15) is 0 Å². The molecule has 2 heteroatoms. The van der Waals surface area contributed by atoms with Gasteiger partial charge >= 0.3 is 0 Å². The van der Waals surface area contributed by atoms with Gasteiger partial charge in [0.1, 0.15) is 0 Å². The summed E-state index contributed by atoms with van der Waals surface area (Å²) in [5, 5.41) is 10.7. The van der Waals surface area contributed by atoms with Crippen LogP contribution in [0.15, 0.2) is 34.2 Å². The second kappa shape index (κ2) is 5.78. The highest BCUT2D eigenvalue weighted by molar-refractivity contribution is 5.40. The molecule has 0 radical (unpaired) electrons. The first-order valence-corrected chi connectivity index (χ1v) is 11.6. The molecule has 154 valence electrons. The van der Waals surface area contributed by atoms with Crippen LogP contribution in [0, 0.1) is 27.6 Å². The van der Waals surface area contributed by atoms with E-state index < -0.39 is 0 Å². The molecule has 0 amide bonds. The molecule has 5 rings (SSSR count). The Balaban J connectivity index is 1.59. The SMILES string of the molecule is CC1(C)C(O)CC[C@]2(C)C3=C(CCC12)[C@]1(C)CCC(c2ccoc2)[C@@]1(C)CC3. The second-order valence-corrected chi connectivity index (χ2v) is 11.7. The molecule has 0 aromatic carbocycles. The van der Waals surface area contributed by atoms with Gasteiger partial charge in [0.2, 0.25) is 0 Å². The molecule has 1 heterocycles. The predicted molar refractivity (Wildman–Crippen MR) is 113 cm³/mol. The molecular formula is C26H38O2.